The zero-order chi connectivity index (χ0) is 27.3. The van der Waals surface area contributed by atoms with Crippen molar-refractivity contribution in [3.8, 4) is 0 Å². The molecule has 2 N–H and O–H groups in total. The van der Waals surface area contributed by atoms with Crippen LogP contribution in [0.25, 0.3) is 16.4 Å². The number of likely N-dealkylation sites (tertiary alicyclic amines) is 1. The van der Waals surface area contributed by atoms with Gasteiger partial charge in [0.1, 0.15) is 18.5 Å². The molecule has 0 aliphatic carbocycles. The first-order chi connectivity index (χ1) is 19.7. The third-order valence-electron chi connectivity index (χ3n) is 7.44. The van der Waals surface area contributed by atoms with Gasteiger partial charge in [-0.2, -0.15) is 10.2 Å². The Hall–Kier alpha value is -4.44. The molecule has 3 aromatic heterocycles. The molecule has 1 fully saturated rings. The molecule has 1 amide bonds. The van der Waals surface area contributed by atoms with Crippen LogP contribution in [0.3, 0.4) is 0 Å². The molecule has 5 aromatic rings. The van der Waals surface area contributed by atoms with Crippen molar-refractivity contribution in [1.82, 2.24) is 29.3 Å². The van der Waals surface area contributed by atoms with E-state index in [-0.39, 0.29) is 0 Å². The maximum absolute atomic E-state index is 12.6. The molecule has 0 radical (unpaired) electrons. The second-order valence-electron chi connectivity index (χ2n) is 10.1. The van der Waals surface area contributed by atoms with E-state index in [0.29, 0.717) is 31.1 Å². The molecule has 2 aromatic carbocycles. The first-order valence-corrected chi connectivity index (χ1v) is 14.0. The summed E-state index contributed by atoms with van der Waals surface area (Å²) in [5.74, 6) is 0.661. The van der Waals surface area contributed by atoms with E-state index in [4.69, 9.17) is 4.74 Å². The zero-order valence-electron chi connectivity index (χ0n) is 22.7. The Bertz CT molecular complexity index is 1600. The van der Waals surface area contributed by atoms with Gasteiger partial charge in [-0.1, -0.05) is 43.7 Å². The van der Waals surface area contributed by atoms with Gasteiger partial charge in [0.25, 0.3) is 0 Å². The van der Waals surface area contributed by atoms with Gasteiger partial charge in [-0.25, -0.2) is 14.3 Å². The third-order valence-corrected chi connectivity index (χ3v) is 7.44. The summed E-state index contributed by atoms with van der Waals surface area (Å²) in [7, 11) is 0. The third kappa shape index (κ3) is 5.62. The number of rotatable bonds is 9. The lowest BCUT2D eigenvalue weighted by atomic mass is 10.1. The first-order valence-electron chi connectivity index (χ1n) is 14.0. The molecule has 0 unspecified atom stereocenters. The molecule has 206 valence electrons. The topological polar surface area (TPSA) is 102 Å². The number of ether oxygens (including phenoxy) is 1. The Morgan fingerprint density at radius 3 is 2.73 bits per heavy atom. The number of hydrogen-bond donors (Lipinski definition) is 2. The lowest BCUT2D eigenvalue weighted by Gasteiger charge is -2.25. The number of amides is 1. The minimum atomic E-state index is -0.456. The van der Waals surface area contributed by atoms with Crippen molar-refractivity contribution in [1.29, 1.82) is 0 Å². The molecule has 1 saturated heterocycles. The largest absolute Gasteiger partial charge is 0.448 e. The van der Waals surface area contributed by atoms with Gasteiger partial charge < -0.3 is 10.1 Å². The summed E-state index contributed by atoms with van der Waals surface area (Å²) < 4.78 is 9.24. The van der Waals surface area contributed by atoms with Crippen LogP contribution in [0.4, 0.5) is 22.0 Å². The fourth-order valence-corrected chi connectivity index (χ4v) is 5.41. The maximum atomic E-state index is 12.6. The molecule has 6 rings (SSSR count). The molecule has 1 aliphatic rings. The van der Waals surface area contributed by atoms with Crippen molar-refractivity contribution < 1.29 is 9.53 Å². The Kier molecular flexibility index (Phi) is 7.58. The van der Waals surface area contributed by atoms with E-state index < -0.39 is 6.09 Å². The number of aromatic nitrogens is 5. The fourth-order valence-electron chi connectivity index (χ4n) is 5.41. The predicted octanol–water partition coefficient (Wildman–Crippen LogP) is 5.47. The average molecular weight is 539 g/mol. The standard InChI is InChI=1S/C30H34N8O2/c1-2-25-26(35-30(39)40-16-15-36-13-7-4-8-14-36)20-38-28(25)29(31-21-33-38)34-24-11-12-27-23(17-24)18-32-37(27)19-22-9-5-3-6-10-22/h3,5-6,9-12,17-18,20-21H,2,4,7-8,13-16,19H2,1H3,(H,35,39)(H,31,33,34). The van der Waals surface area contributed by atoms with Crippen molar-refractivity contribution in [2.24, 2.45) is 0 Å². The monoisotopic (exact) mass is 538 g/mol. The van der Waals surface area contributed by atoms with E-state index in [1.165, 1.54) is 31.2 Å². The van der Waals surface area contributed by atoms with Gasteiger partial charge in [0.2, 0.25) is 0 Å². The van der Waals surface area contributed by atoms with Gasteiger partial charge in [-0.3, -0.25) is 14.9 Å². The molecule has 0 atom stereocenters. The Labute approximate surface area is 233 Å². The van der Waals surface area contributed by atoms with Gasteiger partial charge >= 0.3 is 6.09 Å². The summed E-state index contributed by atoms with van der Waals surface area (Å²) in [4.78, 5) is 19.5. The zero-order valence-corrected chi connectivity index (χ0v) is 22.7. The SMILES string of the molecule is CCc1c(NC(=O)OCCN2CCCCC2)cn2ncnc(Nc3ccc4c(cnn4Cc4ccccc4)c3)c12. The van der Waals surface area contributed by atoms with Crippen LogP contribution in [0, 0.1) is 0 Å². The number of carbonyl (C=O) groups excluding carboxylic acids is 1. The van der Waals surface area contributed by atoms with Gasteiger partial charge in [0, 0.05) is 23.2 Å². The van der Waals surface area contributed by atoms with Gasteiger partial charge in [-0.05, 0) is 56.1 Å². The van der Waals surface area contributed by atoms with Gasteiger partial charge in [-0.15, -0.1) is 0 Å². The molecular formula is C30H34N8O2. The summed E-state index contributed by atoms with van der Waals surface area (Å²) in [6.45, 7) is 6.05. The molecule has 10 heteroatoms. The van der Waals surface area contributed by atoms with Crippen LogP contribution in [0.2, 0.25) is 0 Å². The van der Waals surface area contributed by atoms with Crippen LogP contribution in [-0.4, -0.2) is 61.6 Å². The van der Waals surface area contributed by atoms with E-state index in [2.05, 4.69) is 55.0 Å². The lowest BCUT2D eigenvalue weighted by molar-refractivity contribution is 0.131. The van der Waals surface area contributed by atoms with Crippen LogP contribution in [0.5, 0.6) is 0 Å². The molecule has 0 bridgehead atoms. The molecule has 1 aliphatic heterocycles. The molecule has 40 heavy (non-hydrogen) atoms. The highest BCUT2D eigenvalue weighted by Crippen LogP contribution is 2.30. The number of piperidine rings is 1. The lowest BCUT2D eigenvalue weighted by Crippen LogP contribution is -2.33. The van der Waals surface area contributed by atoms with E-state index in [0.717, 1.165) is 47.3 Å². The van der Waals surface area contributed by atoms with Crippen LogP contribution < -0.4 is 10.6 Å². The summed E-state index contributed by atoms with van der Waals surface area (Å²) in [6.07, 6.45) is 9.14. The highest BCUT2D eigenvalue weighted by molar-refractivity contribution is 5.91. The average Bonchev–Trinajstić information content (AvgIpc) is 3.54. The highest BCUT2D eigenvalue weighted by atomic mass is 16.5. The quantitative estimate of drug-likeness (QED) is 0.257. The summed E-state index contributed by atoms with van der Waals surface area (Å²) in [6, 6.07) is 16.5. The number of anilines is 3. The van der Waals surface area contributed by atoms with Crippen LogP contribution in [0.15, 0.2) is 67.3 Å². The number of aryl methyl sites for hydroxylation is 1. The summed E-state index contributed by atoms with van der Waals surface area (Å²) in [5.41, 5.74) is 5.58. The van der Waals surface area contributed by atoms with E-state index >= 15 is 0 Å². The van der Waals surface area contributed by atoms with Crippen molar-refractivity contribution in [3.63, 3.8) is 0 Å². The number of carbonyl (C=O) groups is 1. The Morgan fingerprint density at radius 2 is 1.90 bits per heavy atom. The van der Waals surface area contributed by atoms with E-state index in [1.54, 1.807) is 4.52 Å². The van der Waals surface area contributed by atoms with Crippen molar-refractivity contribution in [2.75, 3.05) is 36.9 Å². The van der Waals surface area contributed by atoms with Crippen molar-refractivity contribution in [3.05, 3.63) is 78.4 Å². The van der Waals surface area contributed by atoms with Gasteiger partial charge in [0.05, 0.1) is 30.1 Å². The maximum Gasteiger partial charge on any atom is 0.411 e. The van der Waals surface area contributed by atoms with E-state index in [9.17, 15) is 4.79 Å². The highest BCUT2D eigenvalue weighted by Gasteiger charge is 2.18. The van der Waals surface area contributed by atoms with E-state index in [1.807, 2.05) is 48.3 Å². The molecule has 4 heterocycles. The normalized spacial score (nSPS) is 14.0. The van der Waals surface area contributed by atoms with Crippen LogP contribution in [-0.2, 0) is 17.7 Å². The van der Waals surface area contributed by atoms with Crippen LogP contribution >= 0.6 is 0 Å². The second kappa shape index (κ2) is 11.7. The number of benzene rings is 2. The number of hydrogen-bond acceptors (Lipinski definition) is 7. The number of nitrogens with zero attached hydrogens (tertiary/aromatic N) is 6. The van der Waals surface area contributed by atoms with Crippen molar-refractivity contribution >= 4 is 39.7 Å². The first kappa shape index (κ1) is 25.8. The second-order valence-corrected chi connectivity index (χ2v) is 10.1. The van der Waals surface area contributed by atoms with Crippen molar-refractivity contribution in [2.45, 2.75) is 39.2 Å². The number of nitrogens with one attached hydrogen (secondary N) is 2. The molecule has 0 spiro atoms. The minimum Gasteiger partial charge on any atom is -0.448 e. The number of fused-ring (bicyclic) bond motifs is 2. The Morgan fingerprint density at radius 1 is 1.05 bits per heavy atom. The minimum absolute atomic E-state index is 0.373. The van der Waals surface area contributed by atoms with Gasteiger partial charge in [0.15, 0.2) is 5.82 Å². The Balaban J connectivity index is 1.17. The summed E-state index contributed by atoms with van der Waals surface area (Å²) >= 11 is 0. The molecular weight excluding hydrogens is 504 g/mol. The van der Waals surface area contributed by atoms with Crippen LogP contribution in [0.1, 0.15) is 37.3 Å². The molecule has 0 saturated carbocycles. The molecule has 10 nitrogen and oxygen atoms in total. The fraction of sp³-hybridized carbons (Fsp3) is 0.333. The smallest absolute Gasteiger partial charge is 0.411 e. The summed E-state index contributed by atoms with van der Waals surface area (Å²) in [5, 5.41) is 16.4. The predicted molar refractivity (Wildman–Crippen MR) is 156 cm³/mol.